The summed E-state index contributed by atoms with van der Waals surface area (Å²) in [7, 11) is 1.77. The van der Waals surface area contributed by atoms with E-state index >= 15 is 0 Å². The lowest BCUT2D eigenvalue weighted by Crippen LogP contribution is -2.30. The van der Waals surface area contributed by atoms with Crippen LogP contribution in [0.5, 0.6) is 0 Å². The number of halogens is 1. The van der Waals surface area contributed by atoms with Crippen molar-refractivity contribution in [3.8, 4) is 0 Å². The number of nitrogens with one attached hydrogen (secondary N) is 1. The lowest BCUT2D eigenvalue weighted by Gasteiger charge is -2.17. The first-order valence-corrected chi connectivity index (χ1v) is 6.01. The zero-order valence-corrected chi connectivity index (χ0v) is 11.0. The minimum absolute atomic E-state index is 0.155. The number of nitrogens with two attached hydrogens (primary N) is 2. The Hall–Kier alpha value is -1.92. The molecule has 0 saturated heterocycles. The van der Waals surface area contributed by atoms with Crippen molar-refractivity contribution in [3.63, 3.8) is 0 Å². The second-order valence-corrected chi connectivity index (χ2v) is 4.60. The second-order valence-electron chi connectivity index (χ2n) is 4.60. The molecular weight excluding hydrogens is 245 g/mol. The Balaban J connectivity index is 2.26. The molecule has 0 saturated carbocycles. The molecule has 2 rings (SSSR count). The van der Waals surface area contributed by atoms with E-state index in [1.165, 1.54) is 12.1 Å². The molecule has 6 heteroatoms. The normalized spacial score (nSPS) is 12.6. The first-order valence-electron chi connectivity index (χ1n) is 6.01. The van der Waals surface area contributed by atoms with E-state index in [4.69, 9.17) is 11.6 Å². The van der Waals surface area contributed by atoms with Crippen molar-refractivity contribution < 1.29 is 4.39 Å². The molecule has 5 N–H and O–H groups in total. The predicted octanol–water partition coefficient (Wildman–Crippen LogP) is 1.20. The van der Waals surface area contributed by atoms with Crippen LogP contribution in [-0.4, -0.2) is 9.78 Å². The van der Waals surface area contributed by atoms with Crippen molar-refractivity contribution in [3.05, 3.63) is 46.9 Å². The average Bonchev–Trinajstić information content (AvgIpc) is 2.70. The summed E-state index contributed by atoms with van der Waals surface area (Å²) in [5.74, 6) is 5.93. The maximum absolute atomic E-state index is 13.1. The molecule has 19 heavy (non-hydrogen) atoms. The molecule has 1 heterocycles. The molecule has 0 amide bonds. The largest absolute Gasteiger partial charge is 0.384 e. The van der Waals surface area contributed by atoms with Gasteiger partial charge in [-0.05, 0) is 36.6 Å². The number of aromatic nitrogens is 2. The smallest absolute Gasteiger partial charge is 0.126 e. The number of benzene rings is 1. The zero-order chi connectivity index (χ0) is 14.0. The third-order valence-corrected chi connectivity index (χ3v) is 3.32. The standard InChI is InChI=1S/C13H18FN5/c1-8-5-10(14)4-3-9(8)6-12(18-16)11-7-17-19(2)13(11)15/h3-5,7,12,18H,6,15-16H2,1-2H3. The highest BCUT2D eigenvalue weighted by Crippen LogP contribution is 2.24. The number of hydrogen-bond donors (Lipinski definition) is 3. The van der Waals surface area contributed by atoms with Gasteiger partial charge < -0.3 is 5.73 Å². The number of hydrazine groups is 1. The molecule has 1 aromatic carbocycles. The van der Waals surface area contributed by atoms with Gasteiger partial charge in [0.25, 0.3) is 0 Å². The minimum Gasteiger partial charge on any atom is -0.384 e. The van der Waals surface area contributed by atoms with E-state index in [-0.39, 0.29) is 11.9 Å². The van der Waals surface area contributed by atoms with Crippen molar-refractivity contribution in [2.24, 2.45) is 12.9 Å². The van der Waals surface area contributed by atoms with Crippen LogP contribution in [0.1, 0.15) is 22.7 Å². The van der Waals surface area contributed by atoms with E-state index < -0.39 is 0 Å². The lowest BCUT2D eigenvalue weighted by atomic mass is 9.98. The Morgan fingerprint density at radius 2 is 2.21 bits per heavy atom. The molecule has 102 valence electrons. The molecule has 0 aliphatic heterocycles. The molecule has 0 radical (unpaired) electrons. The maximum atomic E-state index is 13.1. The second kappa shape index (κ2) is 5.38. The molecule has 0 spiro atoms. The van der Waals surface area contributed by atoms with Crippen LogP contribution >= 0.6 is 0 Å². The van der Waals surface area contributed by atoms with Crippen LogP contribution in [-0.2, 0) is 13.5 Å². The number of hydrogen-bond acceptors (Lipinski definition) is 4. The maximum Gasteiger partial charge on any atom is 0.126 e. The molecule has 0 fully saturated rings. The van der Waals surface area contributed by atoms with Crippen molar-refractivity contribution in [2.45, 2.75) is 19.4 Å². The van der Waals surface area contributed by atoms with Gasteiger partial charge in [0.1, 0.15) is 11.6 Å². The van der Waals surface area contributed by atoms with Gasteiger partial charge >= 0.3 is 0 Å². The summed E-state index contributed by atoms with van der Waals surface area (Å²) in [6, 6.07) is 4.57. The van der Waals surface area contributed by atoms with E-state index in [1.807, 2.05) is 6.92 Å². The van der Waals surface area contributed by atoms with Crippen LogP contribution in [0.3, 0.4) is 0 Å². The third kappa shape index (κ3) is 2.74. The number of nitrogens with zero attached hydrogens (tertiary/aromatic N) is 2. The molecule has 0 aliphatic carbocycles. The molecular formula is C13H18FN5. The zero-order valence-electron chi connectivity index (χ0n) is 11.0. The molecule has 2 aromatic rings. The summed E-state index contributed by atoms with van der Waals surface area (Å²) < 4.78 is 14.7. The molecule has 5 nitrogen and oxygen atoms in total. The minimum atomic E-state index is -0.237. The molecule has 1 unspecified atom stereocenters. The van der Waals surface area contributed by atoms with E-state index in [0.717, 1.165) is 16.7 Å². The number of aryl methyl sites for hydroxylation is 2. The highest BCUT2D eigenvalue weighted by Gasteiger charge is 2.17. The Kier molecular flexibility index (Phi) is 3.82. The summed E-state index contributed by atoms with van der Waals surface area (Å²) in [6.07, 6.45) is 2.32. The summed E-state index contributed by atoms with van der Waals surface area (Å²) in [6.45, 7) is 1.87. The van der Waals surface area contributed by atoms with Crippen LogP contribution in [0, 0.1) is 12.7 Å². The van der Waals surface area contributed by atoms with Crippen LogP contribution in [0.4, 0.5) is 10.2 Å². The Morgan fingerprint density at radius 1 is 1.47 bits per heavy atom. The number of nitrogen functional groups attached to an aromatic ring is 1. The SMILES string of the molecule is Cc1cc(F)ccc1CC(NN)c1cnn(C)c1N. The van der Waals surface area contributed by atoms with Crippen LogP contribution < -0.4 is 17.0 Å². The summed E-state index contributed by atoms with van der Waals surface area (Å²) >= 11 is 0. The van der Waals surface area contributed by atoms with Crippen molar-refractivity contribution in [1.82, 2.24) is 15.2 Å². The van der Waals surface area contributed by atoms with Gasteiger partial charge in [-0.25, -0.2) is 4.39 Å². The lowest BCUT2D eigenvalue weighted by molar-refractivity contribution is 0.550. The van der Waals surface area contributed by atoms with Crippen molar-refractivity contribution >= 4 is 5.82 Å². The summed E-state index contributed by atoms with van der Waals surface area (Å²) in [5, 5.41) is 4.10. The predicted molar refractivity (Wildman–Crippen MR) is 72.5 cm³/mol. The van der Waals surface area contributed by atoms with E-state index in [9.17, 15) is 4.39 Å². The molecule has 1 aromatic heterocycles. The highest BCUT2D eigenvalue weighted by molar-refractivity contribution is 5.42. The number of rotatable bonds is 4. The fourth-order valence-electron chi connectivity index (χ4n) is 2.10. The van der Waals surface area contributed by atoms with E-state index in [2.05, 4.69) is 10.5 Å². The van der Waals surface area contributed by atoms with Crippen LogP contribution in [0.15, 0.2) is 24.4 Å². The molecule has 0 aliphatic rings. The van der Waals surface area contributed by atoms with E-state index in [1.54, 1.807) is 24.0 Å². The topological polar surface area (TPSA) is 81.9 Å². The van der Waals surface area contributed by atoms with Crippen LogP contribution in [0.25, 0.3) is 0 Å². The average molecular weight is 263 g/mol. The van der Waals surface area contributed by atoms with Gasteiger partial charge in [-0.1, -0.05) is 6.07 Å². The van der Waals surface area contributed by atoms with Gasteiger partial charge in [-0.2, -0.15) is 5.10 Å². The van der Waals surface area contributed by atoms with E-state index in [0.29, 0.717) is 12.2 Å². The summed E-state index contributed by atoms with van der Waals surface area (Å²) in [5.41, 5.74) is 11.4. The number of anilines is 1. The third-order valence-electron chi connectivity index (χ3n) is 3.32. The monoisotopic (exact) mass is 263 g/mol. The van der Waals surface area contributed by atoms with Gasteiger partial charge in [0.05, 0.1) is 12.2 Å². The fourth-order valence-corrected chi connectivity index (χ4v) is 2.10. The fraction of sp³-hybridized carbons (Fsp3) is 0.308. The van der Waals surface area contributed by atoms with Crippen molar-refractivity contribution in [2.75, 3.05) is 5.73 Å². The Labute approximate surface area is 111 Å². The first kappa shape index (κ1) is 13.5. The highest BCUT2D eigenvalue weighted by atomic mass is 19.1. The first-order chi connectivity index (χ1) is 9.02. The Bertz CT molecular complexity index is 578. The van der Waals surface area contributed by atoms with Crippen molar-refractivity contribution in [1.29, 1.82) is 0 Å². The van der Waals surface area contributed by atoms with Crippen LogP contribution in [0.2, 0.25) is 0 Å². The van der Waals surface area contributed by atoms with Gasteiger partial charge in [-0.15, -0.1) is 0 Å². The van der Waals surface area contributed by atoms with Gasteiger partial charge in [-0.3, -0.25) is 16.0 Å². The Morgan fingerprint density at radius 3 is 2.74 bits per heavy atom. The molecule has 0 bridgehead atoms. The van der Waals surface area contributed by atoms with Gasteiger partial charge in [0.15, 0.2) is 0 Å². The van der Waals surface area contributed by atoms with Gasteiger partial charge in [0, 0.05) is 12.6 Å². The quantitative estimate of drug-likeness (QED) is 0.572. The van der Waals surface area contributed by atoms with Gasteiger partial charge in [0.2, 0.25) is 0 Å². The molecule has 1 atom stereocenters. The summed E-state index contributed by atoms with van der Waals surface area (Å²) in [4.78, 5) is 0.